The Morgan fingerprint density at radius 3 is 2.96 bits per heavy atom. The Balaban J connectivity index is 1.50. The number of amides is 3. The molecule has 0 unspecified atom stereocenters. The lowest BCUT2D eigenvalue weighted by molar-refractivity contribution is -0.116. The highest BCUT2D eigenvalue weighted by Gasteiger charge is 2.24. The summed E-state index contributed by atoms with van der Waals surface area (Å²) in [7, 11) is 1.64. The molecule has 27 heavy (non-hydrogen) atoms. The third-order valence-corrected chi connectivity index (χ3v) is 5.08. The average molecular weight is 372 g/mol. The average Bonchev–Trinajstić information content (AvgIpc) is 3.05. The summed E-state index contributed by atoms with van der Waals surface area (Å²) >= 11 is 0. The molecule has 2 aliphatic rings. The first-order chi connectivity index (χ1) is 13.0. The molecule has 1 aliphatic heterocycles. The summed E-state index contributed by atoms with van der Waals surface area (Å²) in [5.41, 5.74) is 3.26. The van der Waals surface area contributed by atoms with Gasteiger partial charge in [0, 0.05) is 25.5 Å². The van der Waals surface area contributed by atoms with Crippen LogP contribution >= 0.6 is 0 Å². The van der Waals surface area contributed by atoms with Crippen LogP contribution in [-0.2, 0) is 30.6 Å². The summed E-state index contributed by atoms with van der Waals surface area (Å²) in [6.45, 7) is 0.300. The van der Waals surface area contributed by atoms with Crippen molar-refractivity contribution in [2.75, 3.05) is 17.7 Å². The number of urea groups is 1. The molecule has 0 spiro atoms. The topological polar surface area (TPSA) is 87.5 Å². The van der Waals surface area contributed by atoms with Gasteiger partial charge in [-0.1, -0.05) is 5.16 Å². The molecule has 0 bridgehead atoms. The quantitative estimate of drug-likeness (QED) is 0.866. The second kappa shape index (κ2) is 7.02. The van der Waals surface area contributed by atoms with Crippen LogP contribution < -0.4 is 10.6 Å². The summed E-state index contributed by atoms with van der Waals surface area (Å²) in [6, 6.07) is 2.19. The number of nitrogens with zero attached hydrogens (tertiary/aromatic N) is 2. The van der Waals surface area contributed by atoms with Crippen molar-refractivity contribution in [3.63, 3.8) is 0 Å². The SMILES string of the molecule is CN(Cc1noc2c1CCCC2)C(=O)Nc1cc(F)cc2c1NC(=O)CC2. The van der Waals surface area contributed by atoms with Crippen LogP contribution in [0.3, 0.4) is 0 Å². The van der Waals surface area contributed by atoms with Gasteiger partial charge in [0.05, 0.1) is 17.9 Å². The molecule has 2 N–H and O–H groups in total. The van der Waals surface area contributed by atoms with Crippen LogP contribution in [0.4, 0.5) is 20.6 Å². The highest BCUT2D eigenvalue weighted by atomic mass is 19.1. The van der Waals surface area contributed by atoms with E-state index in [0.29, 0.717) is 30.6 Å². The fraction of sp³-hybridized carbons (Fsp3) is 0.421. The van der Waals surface area contributed by atoms with Gasteiger partial charge in [-0.3, -0.25) is 4.79 Å². The number of anilines is 2. The van der Waals surface area contributed by atoms with Gasteiger partial charge in [0.25, 0.3) is 0 Å². The van der Waals surface area contributed by atoms with Gasteiger partial charge in [-0.25, -0.2) is 9.18 Å². The Kier molecular flexibility index (Phi) is 4.55. The number of rotatable bonds is 3. The van der Waals surface area contributed by atoms with Crippen LogP contribution in [0.25, 0.3) is 0 Å². The van der Waals surface area contributed by atoms with Gasteiger partial charge in [-0.2, -0.15) is 0 Å². The fourth-order valence-electron chi connectivity index (χ4n) is 3.64. The predicted octanol–water partition coefficient (Wildman–Crippen LogP) is 3.24. The van der Waals surface area contributed by atoms with E-state index in [-0.39, 0.29) is 11.6 Å². The number of carbonyl (C=O) groups excluding carboxylic acids is 2. The number of carbonyl (C=O) groups is 2. The minimum Gasteiger partial charge on any atom is -0.361 e. The molecule has 4 rings (SSSR count). The van der Waals surface area contributed by atoms with Crippen LogP contribution in [0.2, 0.25) is 0 Å². The number of fused-ring (bicyclic) bond motifs is 2. The Bertz CT molecular complexity index is 909. The third-order valence-electron chi connectivity index (χ3n) is 5.08. The highest BCUT2D eigenvalue weighted by Crippen LogP contribution is 2.32. The third kappa shape index (κ3) is 3.51. The van der Waals surface area contributed by atoms with Crippen LogP contribution in [-0.4, -0.2) is 29.0 Å². The van der Waals surface area contributed by atoms with Crippen molar-refractivity contribution in [3.05, 3.63) is 40.5 Å². The van der Waals surface area contributed by atoms with Gasteiger partial charge in [0.15, 0.2) is 0 Å². The first-order valence-corrected chi connectivity index (χ1v) is 9.12. The van der Waals surface area contributed by atoms with E-state index in [4.69, 9.17) is 4.52 Å². The normalized spacial score (nSPS) is 15.6. The molecular weight excluding hydrogens is 351 g/mol. The molecule has 3 amide bonds. The van der Waals surface area contributed by atoms with E-state index in [1.165, 1.54) is 17.0 Å². The Hall–Kier alpha value is -2.90. The summed E-state index contributed by atoms with van der Waals surface area (Å²) in [5.74, 6) is 0.313. The molecule has 8 heteroatoms. The van der Waals surface area contributed by atoms with Crippen molar-refractivity contribution < 1.29 is 18.5 Å². The van der Waals surface area contributed by atoms with E-state index in [9.17, 15) is 14.0 Å². The molecule has 7 nitrogen and oxygen atoms in total. The lowest BCUT2D eigenvalue weighted by atomic mass is 9.96. The van der Waals surface area contributed by atoms with Gasteiger partial charge in [0.2, 0.25) is 5.91 Å². The van der Waals surface area contributed by atoms with E-state index in [2.05, 4.69) is 15.8 Å². The van der Waals surface area contributed by atoms with Crippen LogP contribution in [0.15, 0.2) is 16.7 Å². The number of benzene rings is 1. The molecule has 2 aromatic rings. The molecule has 0 saturated carbocycles. The van der Waals surface area contributed by atoms with Gasteiger partial charge in [-0.05, 0) is 43.4 Å². The van der Waals surface area contributed by atoms with Crippen molar-refractivity contribution >= 4 is 23.3 Å². The molecule has 0 atom stereocenters. The van der Waals surface area contributed by atoms with Crippen molar-refractivity contribution in [1.29, 1.82) is 0 Å². The number of aryl methyl sites for hydroxylation is 2. The lowest BCUT2D eigenvalue weighted by Crippen LogP contribution is -2.32. The largest absolute Gasteiger partial charge is 0.361 e. The zero-order valence-electron chi connectivity index (χ0n) is 15.1. The lowest BCUT2D eigenvalue weighted by Gasteiger charge is -2.23. The molecule has 142 valence electrons. The maximum absolute atomic E-state index is 13.9. The van der Waals surface area contributed by atoms with Gasteiger partial charge in [-0.15, -0.1) is 0 Å². The minimum absolute atomic E-state index is 0.146. The minimum atomic E-state index is -0.451. The zero-order valence-corrected chi connectivity index (χ0v) is 15.1. The molecule has 2 heterocycles. The highest BCUT2D eigenvalue weighted by molar-refractivity contribution is 6.01. The second-order valence-electron chi connectivity index (χ2n) is 7.06. The van der Waals surface area contributed by atoms with E-state index >= 15 is 0 Å². The Morgan fingerprint density at radius 2 is 2.11 bits per heavy atom. The van der Waals surface area contributed by atoms with Crippen molar-refractivity contribution in [1.82, 2.24) is 10.1 Å². The summed E-state index contributed by atoms with van der Waals surface area (Å²) in [5, 5.41) is 9.53. The van der Waals surface area contributed by atoms with Crippen molar-refractivity contribution in [3.8, 4) is 0 Å². The van der Waals surface area contributed by atoms with E-state index in [1.807, 2.05) is 0 Å². The van der Waals surface area contributed by atoms with Crippen LogP contribution in [0.1, 0.15) is 41.8 Å². The van der Waals surface area contributed by atoms with Crippen molar-refractivity contribution in [2.24, 2.45) is 0 Å². The number of hydrogen-bond donors (Lipinski definition) is 2. The standard InChI is InChI=1S/C19H21FN4O3/c1-24(10-15-13-4-2-3-5-16(13)27-23-15)19(26)21-14-9-12(20)8-11-6-7-17(25)22-18(11)14/h8-9H,2-7,10H2,1H3,(H,21,26)(H,22,25). The smallest absolute Gasteiger partial charge is 0.322 e. The first-order valence-electron chi connectivity index (χ1n) is 9.12. The van der Waals surface area contributed by atoms with E-state index in [0.717, 1.165) is 42.7 Å². The Labute approximate surface area is 155 Å². The molecule has 0 fully saturated rings. The van der Waals surface area contributed by atoms with Crippen LogP contribution in [0, 0.1) is 5.82 Å². The molecule has 0 saturated heterocycles. The number of nitrogens with one attached hydrogen (secondary N) is 2. The number of aromatic nitrogens is 1. The number of hydrogen-bond acceptors (Lipinski definition) is 4. The molecule has 1 aromatic heterocycles. The predicted molar refractivity (Wildman–Crippen MR) is 97.0 cm³/mol. The van der Waals surface area contributed by atoms with Gasteiger partial charge < -0.3 is 20.1 Å². The van der Waals surface area contributed by atoms with Gasteiger partial charge >= 0.3 is 6.03 Å². The monoisotopic (exact) mass is 372 g/mol. The summed E-state index contributed by atoms with van der Waals surface area (Å²) in [4.78, 5) is 25.8. The van der Waals surface area contributed by atoms with Crippen molar-refractivity contribution in [2.45, 2.75) is 45.1 Å². The maximum Gasteiger partial charge on any atom is 0.322 e. The zero-order chi connectivity index (χ0) is 19.0. The molecule has 0 radical (unpaired) electrons. The fourth-order valence-corrected chi connectivity index (χ4v) is 3.64. The van der Waals surface area contributed by atoms with Crippen LogP contribution in [0.5, 0.6) is 0 Å². The summed E-state index contributed by atoms with van der Waals surface area (Å²) < 4.78 is 19.3. The first kappa shape index (κ1) is 17.5. The summed E-state index contributed by atoms with van der Waals surface area (Å²) in [6.07, 6.45) is 4.73. The maximum atomic E-state index is 13.9. The molecule has 1 aromatic carbocycles. The van der Waals surface area contributed by atoms with Gasteiger partial charge in [0.1, 0.15) is 17.3 Å². The molecule has 1 aliphatic carbocycles. The van der Waals surface area contributed by atoms with E-state index in [1.54, 1.807) is 7.05 Å². The molecular formula is C19H21FN4O3. The second-order valence-corrected chi connectivity index (χ2v) is 7.06. The van der Waals surface area contributed by atoms with E-state index < -0.39 is 11.8 Å². The Morgan fingerprint density at radius 1 is 1.30 bits per heavy atom. The number of halogens is 1.